The highest BCUT2D eigenvalue weighted by Gasteiger charge is 2.43. The van der Waals surface area contributed by atoms with Crippen molar-refractivity contribution >= 4 is 5.91 Å². The van der Waals surface area contributed by atoms with E-state index >= 15 is 0 Å². The minimum Gasteiger partial charge on any atom is -0.497 e. The number of methoxy groups -OCH3 is 1. The Morgan fingerprint density at radius 1 is 1.25 bits per heavy atom. The number of nitrogens with zero attached hydrogens (tertiary/aromatic N) is 4. The van der Waals surface area contributed by atoms with Crippen molar-refractivity contribution < 1.29 is 13.9 Å². The molecule has 0 N–H and O–H groups in total. The number of likely N-dealkylation sites (tertiary alicyclic amines) is 2. The monoisotopic (exact) mass is 384 g/mol. The first-order valence-corrected chi connectivity index (χ1v) is 9.69. The van der Waals surface area contributed by atoms with Crippen molar-refractivity contribution in [3.8, 4) is 5.75 Å². The Hall–Kier alpha value is -2.54. The van der Waals surface area contributed by atoms with Gasteiger partial charge in [-0.15, -0.1) is 0 Å². The molecule has 0 radical (unpaired) electrons. The molecule has 0 unspecified atom stereocenters. The third-order valence-corrected chi connectivity index (χ3v) is 5.90. The second-order valence-corrected chi connectivity index (χ2v) is 7.84. The molecule has 1 amide bonds. The van der Waals surface area contributed by atoms with Gasteiger partial charge >= 0.3 is 0 Å². The van der Waals surface area contributed by atoms with E-state index in [1.165, 1.54) is 12.3 Å². The molecule has 1 spiro atoms. The van der Waals surface area contributed by atoms with Gasteiger partial charge in [0.25, 0.3) is 5.91 Å². The van der Waals surface area contributed by atoms with Crippen molar-refractivity contribution in [3.63, 3.8) is 0 Å². The highest BCUT2D eigenvalue weighted by molar-refractivity contribution is 5.92. The van der Waals surface area contributed by atoms with E-state index in [4.69, 9.17) is 4.74 Å². The summed E-state index contributed by atoms with van der Waals surface area (Å²) in [7, 11) is 1.59. The molecular formula is C21H25FN4O2. The Kier molecular flexibility index (Phi) is 5.26. The quantitative estimate of drug-likeness (QED) is 0.811. The lowest BCUT2D eigenvalue weighted by Gasteiger charge is -2.40. The molecule has 0 saturated carbocycles. The predicted octanol–water partition coefficient (Wildman–Crippen LogP) is 2.75. The maximum absolute atomic E-state index is 14.2. The van der Waals surface area contributed by atoms with Crippen LogP contribution in [0.15, 0.2) is 36.8 Å². The van der Waals surface area contributed by atoms with Crippen molar-refractivity contribution in [2.45, 2.75) is 25.8 Å². The first-order valence-electron chi connectivity index (χ1n) is 9.69. The van der Waals surface area contributed by atoms with Gasteiger partial charge in [-0.05, 0) is 44.0 Å². The van der Waals surface area contributed by atoms with E-state index in [1.54, 1.807) is 31.6 Å². The molecule has 28 heavy (non-hydrogen) atoms. The highest BCUT2D eigenvalue weighted by Crippen LogP contribution is 2.40. The van der Waals surface area contributed by atoms with Gasteiger partial charge in [-0.25, -0.2) is 9.37 Å². The van der Waals surface area contributed by atoms with Gasteiger partial charge in [0.05, 0.1) is 13.3 Å². The zero-order chi connectivity index (χ0) is 19.6. The second-order valence-electron chi connectivity index (χ2n) is 7.84. The zero-order valence-electron chi connectivity index (χ0n) is 16.1. The topological polar surface area (TPSA) is 58.6 Å². The van der Waals surface area contributed by atoms with E-state index in [1.807, 2.05) is 4.90 Å². The number of carbonyl (C=O) groups excluding carboxylic acids is 1. The average Bonchev–Trinajstić information content (AvgIpc) is 3.13. The number of rotatable bonds is 4. The lowest BCUT2D eigenvalue weighted by atomic mass is 9.79. The number of hydrogen-bond donors (Lipinski definition) is 0. The van der Waals surface area contributed by atoms with Crippen molar-refractivity contribution in [2.75, 3.05) is 33.3 Å². The smallest absolute Gasteiger partial charge is 0.274 e. The number of amides is 1. The summed E-state index contributed by atoms with van der Waals surface area (Å²) >= 11 is 0. The normalized spacial score (nSPS) is 22.6. The number of piperidine rings is 1. The molecule has 1 aromatic carbocycles. The molecule has 7 heteroatoms. The Bertz CT molecular complexity index is 848. The lowest BCUT2D eigenvalue weighted by Crippen LogP contribution is -2.45. The van der Waals surface area contributed by atoms with Crippen molar-refractivity contribution in [3.05, 3.63) is 53.9 Å². The molecule has 6 nitrogen and oxygen atoms in total. The van der Waals surface area contributed by atoms with E-state index in [2.05, 4.69) is 14.9 Å². The van der Waals surface area contributed by atoms with Crippen LogP contribution in [0.4, 0.5) is 4.39 Å². The molecule has 3 heterocycles. The minimum atomic E-state index is -0.202. The lowest BCUT2D eigenvalue weighted by molar-refractivity contribution is 0.0668. The van der Waals surface area contributed by atoms with Gasteiger partial charge in [0.1, 0.15) is 17.3 Å². The number of hydrogen-bond acceptors (Lipinski definition) is 5. The Morgan fingerprint density at radius 2 is 2.14 bits per heavy atom. The Labute approximate surface area is 164 Å². The number of carbonyl (C=O) groups is 1. The highest BCUT2D eigenvalue weighted by atomic mass is 19.1. The van der Waals surface area contributed by atoms with E-state index in [0.717, 1.165) is 45.4 Å². The van der Waals surface area contributed by atoms with Crippen molar-refractivity contribution in [2.24, 2.45) is 5.41 Å². The molecular weight excluding hydrogens is 359 g/mol. The van der Waals surface area contributed by atoms with E-state index in [0.29, 0.717) is 23.6 Å². The minimum absolute atomic E-state index is 0.0547. The molecule has 2 aliphatic heterocycles. The number of benzene rings is 1. The Balaban J connectivity index is 1.43. The van der Waals surface area contributed by atoms with Crippen LogP contribution in [0.1, 0.15) is 35.3 Å². The fourth-order valence-electron chi connectivity index (χ4n) is 4.50. The van der Waals surface area contributed by atoms with Gasteiger partial charge < -0.3 is 9.64 Å². The van der Waals surface area contributed by atoms with Crippen LogP contribution in [0.2, 0.25) is 0 Å². The van der Waals surface area contributed by atoms with Gasteiger partial charge in [-0.3, -0.25) is 14.7 Å². The van der Waals surface area contributed by atoms with Crippen LogP contribution in [0.3, 0.4) is 0 Å². The molecule has 0 bridgehead atoms. The van der Waals surface area contributed by atoms with Crippen molar-refractivity contribution in [1.82, 2.24) is 19.8 Å². The first-order chi connectivity index (χ1) is 13.6. The van der Waals surface area contributed by atoms with Crippen LogP contribution in [0.5, 0.6) is 5.75 Å². The van der Waals surface area contributed by atoms with Gasteiger partial charge in [-0.1, -0.05) is 0 Å². The molecule has 2 fully saturated rings. The predicted molar refractivity (Wildman–Crippen MR) is 102 cm³/mol. The van der Waals surface area contributed by atoms with Crippen LogP contribution in [-0.4, -0.2) is 59.0 Å². The summed E-state index contributed by atoms with van der Waals surface area (Å²) in [5.41, 5.74) is 1.12. The standard InChI is InChI=1S/C21H25FN4O2/c1-28-17-3-4-18(22)16(11-17)13-25-9-2-5-21(14-25)6-10-26(15-21)20(27)19-12-23-7-8-24-19/h3-4,7-8,11-12H,2,5-6,9-10,13-15H2,1H3/t21-/m1/s1. The van der Waals surface area contributed by atoms with Gasteiger partial charge in [0, 0.05) is 49.6 Å². The molecule has 4 rings (SSSR count). The molecule has 2 saturated heterocycles. The SMILES string of the molecule is COc1ccc(F)c(CN2CCC[C@@]3(CCN(C(=O)c4cnccn4)C3)C2)c1. The molecule has 2 aliphatic rings. The molecule has 2 aromatic rings. The third-order valence-electron chi connectivity index (χ3n) is 5.90. The maximum Gasteiger partial charge on any atom is 0.274 e. The summed E-state index contributed by atoms with van der Waals surface area (Å²) in [6.45, 7) is 3.82. The summed E-state index contributed by atoms with van der Waals surface area (Å²) in [5, 5.41) is 0. The number of aromatic nitrogens is 2. The third kappa shape index (κ3) is 3.85. The van der Waals surface area contributed by atoms with Gasteiger partial charge in [-0.2, -0.15) is 0 Å². The van der Waals surface area contributed by atoms with E-state index < -0.39 is 0 Å². The summed E-state index contributed by atoms with van der Waals surface area (Å²) in [5.74, 6) is 0.414. The number of halogens is 1. The zero-order valence-corrected chi connectivity index (χ0v) is 16.1. The maximum atomic E-state index is 14.2. The summed E-state index contributed by atoms with van der Waals surface area (Å²) in [6.07, 6.45) is 7.75. The summed E-state index contributed by atoms with van der Waals surface area (Å²) < 4.78 is 19.5. The van der Waals surface area contributed by atoms with Crippen LogP contribution in [-0.2, 0) is 6.54 Å². The van der Waals surface area contributed by atoms with Crippen LogP contribution < -0.4 is 4.74 Å². The van der Waals surface area contributed by atoms with E-state index in [-0.39, 0.29) is 17.1 Å². The summed E-state index contributed by atoms with van der Waals surface area (Å²) in [6, 6.07) is 4.88. The van der Waals surface area contributed by atoms with Gasteiger partial charge in [0.15, 0.2) is 0 Å². The van der Waals surface area contributed by atoms with E-state index in [9.17, 15) is 9.18 Å². The van der Waals surface area contributed by atoms with Crippen LogP contribution in [0.25, 0.3) is 0 Å². The molecule has 1 atom stereocenters. The fraction of sp³-hybridized carbons (Fsp3) is 0.476. The fourth-order valence-corrected chi connectivity index (χ4v) is 4.50. The molecule has 148 valence electrons. The molecule has 0 aliphatic carbocycles. The largest absolute Gasteiger partial charge is 0.497 e. The number of ether oxygens (including phenoxy) is 1. The van der Waals surface area contributed by atoms with Crippen LogP contribution >= 0.6 is 0 Å². The second kappa shape index (κ2) is 7.83. The first kappa shape index (κ1) is 18.8. The molecule has 1 aromatic heterocycles. The Morgan fingerprint density at radius 3 is 2.93 bits per heavy atom. The average molecular weight is 384 g/mol. The van der Waals surface area contributed by atoms with Crippen molar-refractivity contribution in [1.29, 1.82) is 0 Å². The summed E-state index contributed by atoms with van der Waals surface area (Å²) in [4.78, 5) is 25.0. The van der Waals surface area contributed by atoms with Crippen LogP contribution in [0, 0.1) is 11.2 Å². The van der Waals surface area contributed by atoms with Gasteiger partial charge in [0.2, 0.25) is 0 Å².